The molecule has 0 spiro atoms. The maximum atomic E-state index is 12.7. The normalized spacial score (nSPS) is 23.4. The van der Waals surface area contributed by atoms with Gasteiger partial charge in [-0.1, -0.05) is 19.1 Å². The molecular formula is C13H18FN3. The number of benzene rings is 1. The minimum atomic E-state index is -0.205. The van der Waals surface area contributed by atoms with E-state index in [2.05, 4.69) is 22.5 Å². The van der Waals surface area contributed by atoms with Gasteiger partial charge in [-0.05, 0) is 30.0 Å². The van der Waals surface area contributed by atoms with Crippen molar-refractivity contribution in [1.29, 1.82) is 0 Å². The maximum absolute atomic E-state index is 12.7. The highest BCUT2D eigenvalue weighted by Gasteiger charge is 2.33. The second-order valence-electron chi connectivity index (χ2n) is 4.52. The fourth-order valence-electron chi connectivity index (χ4n) is 1.68. The Hall–Kier alpha value is -1.58. The van der Waals surface area contributed by atoms with Crippen LogP contribution in [-0.4, -0.2) is 19.0 Å². The average Bonchev–Trinajstić information content (AvgIpc) is 3.02. The van der Waals surface area contributed by atoms with E-state index in [4.69, 9.17) is 0 Å². The van der Waals surface area contributed by atoms with E-state index in [0.717, 1.165) is 17.4 Å². The largest absolute Gasteiger partial charge is 0.353 e. The van der Waals surface area contributed by atoms with Gasteiger partial charge in [0.2, 0.25) is 0 Å². The number of nitrogens with one attached hydrogen (secondary N) is 2. The second kappa shape index (κ2) is 5.17. The van der Waals surface area contributed by atoms with Gasteiger partial charge in [0.05, 0.1) is 0 Å². The number of rotatable bonds is 3. The Labute approximate surface area is 101 Å². The van der Waals surface area contributed by atoms with Crippen molar-refractivity contribution >= 4 is 5.96 Å². The Morgan fingerprint density at radius 1 is 1.41 bits per heavy atom. The predicted octanol–water partition coefficient (Wildman–Crippen LogP) is 1.90. The van der Waals surface area contributed by atoms with Crippen LogP contribution < -0.4 is 10.6 Å². The molecule has 2 atom stereocenters. The van der Waals surface area contributed by atoms with Gasteiger partial charge in [0.1, 0.15) is 5.82 Å². The molecule has 0 radical (unpaired) electrons. The van der Waals surface area contributed by atoms with Gasteiger partial charge in [0.25, 0.3) is 0 Å². The second-order valence-corrected chi connectivity index (χ2v) is 4.52. The first-order valence-electron chi connectivity index (χ1n) is 5.90. The molecule has 0 amide bonds. The summed E-state index contributed by atoms with van der Waals surface area (Å²) in [6, 6.07) is 7.03. The van der Waals surface area contributed by atoms with Crippen LogP contribution in [0.5, 0.6) is 0 Å². The van der Waals surface area contributed by atoms with E-state index in [0.29, 0.717) is 12.6 Å². The Bertz CT molecular complexity index is 400. The molecular weight excluding hydrogens is 217 g/mol. The molecule has 1 aromatic carbocycles. The van der Waals surface area contributed by atoms with Gasteiger partial charge in [-0.2, -0.15) is 0 Å². The molecule has 1 aliphatic carbocycles. The van der Waals surface area contributed by atoms with E-state index in [1.165, 1.54) is 18.6 Å². The monoisotopic (exact) mass is 235 g/mol. The van der Waals surface area contributed by atoms with Crippen molar-refractivity contribution < 1.29 is 4.39 Å². The lowest BCUT2D eigenvalue weighted by Crippen LogP contribution is -2.38. The number of nitrogens with zero attached hydrogens (tertiary/aromatic N) is 1. The fraction of sp³-hybridized carbons (Fsp3) is 0.462. The number of hydrogen-bond acceptors (Lipinski definition) is 1. The molecule has 2 N–H and O–H groups in total. The van der Waals surface area contributed by atoms with Crippen molar-refractivity contribution in [3.8, 4) is 0 Å². The Morgan fingerprint density at radius 2 is 2.06 bits per heavy atom. The highest BCUT2D eigenvalue weighted by molar-refractivity contribution is 5.80. The van der Waals surface area contributed by atoms with Crippen LogP contribution in [-0.2, 0) is 6.54 Å². The lowest BCUT2D eigenvalue weighted by atomic mass is 10.2. The van der Waals surface area contributed by atoms with Gasteiger partial charge >= 0.3 is 0 Å². The molecule has 2 unspecified atom stereocenters. The molecule has 0 saturated heterocycles. The summed E-state index contributed by atoms with van der Waals surface area (Å²) >= 11 is 0. The maximum Gasteiger partial charge on any atom is 0.191 e. The van der Waals surface area contributed by atoms with Crippen LogP contribution in [0.15, 0.2) is 29.3 Å². The van der Waals surface area contributed by atoms with Gasteiger partial charge in [0.15, 0.2) is 5.96 Å². The smallest absolute Gasteiger partial charge is 0.191 e. The Morgan fingerprint density at radius 3 is 2.59 bits per heavy atom. The first-order valence-corrected chi connectivity index (χ1v) is 5.90. The van der Waals surface area contributed by atoms with Crippen molar-refractivity contribution in [1.82, 2.24) is 10.6 Å². The van der Waals surface area contributed by atoms with Gasteiger partial charge in [-0.25, -0.2) is 4.39 Å². The van der Waals surface area contributed by atoms with Crippen LogP contribution in [0.2, 0.25) is 0 Å². The van der Waals surface area contributed by atoms with Crippen molar-refractivity contribution in [2.45, 2.75) is 25.9 Å². The average molecular weight is 235 g/mol. The third kappa shape index (κ3) is 3.44. The van der Waals surface area contributed by atoms with E-state index >= 15 is 0 Å². The Balaban J connectivity index is 1.81. The van der Waals surface area contributed by atoms with E-state index < -0.39 is 0 Å². The van der Waals surface area contributed by atoms with Crippen molar-refractivity contribution in [2.75, 3.05) is 7.05 Å². The molecule has 92 valence electrons. The topological polar surface area (TPSA) is 36.4 Å². The quantitative estimate of drug-likeness (QED) is 0.620. The number of halogens is 1. The molecule has 17 heavy (non-hydrogen) atoms. The molecule has 1 aliphatic rings. The molecule has 0 aromatic heterocycles. The molecule has 0 heterocycles. The molecule has 2 rings (SSSR count). The summed E-state index contributed by atoms with van der Waals surface area (Å²) in [7, 11) is 1.76. The van der Waals surface area contributed by atoms with Gasteiger partial charge < -0.3 is 10.6 Å². The van der Waals surface area contributed by atoms with Crippen LogP contribution in [0.3, 0.4) is 0 Å². The summed E-state index contributed by atoms with van der Waals surface area (Å²) in [6.07, 6.45) is 1.21. The van der Waals surface area contributed by atoms with Crippen molar-refractivity contribution in [3.63, 3.8) is 0 Å². The van der Waals surface area contributed by atoms with E-state index in [9.17, 15) is 4.39 Å². The molecule has 1 fully saturated rings. The van der Waals surface area contributed by atoms with Crippen LogP contribution in [0.1, 0.15) is 18.9 Å². The summed E-state index contributed by atoms with van der Waals surface area (Å²) in [5.41, 5.74) is 1.04. The predicted molar refractivity (Wildman–Crippen MR) is 67.3 cm³/mol. The molecule has 4 heteroatoms. The zero-order valence-electron chi connectivity index (χ0n) is 10.2. The van der Waals surface area contributed by atoms with E-state index in [1.807, 2.05) is 0 Å². The SMILES string of the molecule is CN=C(NCc1ccc(F)cc1)NC1CC1C. The first-order chi connectivity index (χ1) is 8.19. The third-order valence-corrected chi connectivity index (χ3v) is 3.03. The lowest BCUT2D eigenvalue weighted by Gasteiger charge is -2.11. The summed E-state index contributed by atoms with van der Waals surface area (Å²) in [5, 5.41) is 6.55. The van der Waals surface area contributed by atoms with E-state index in [1.54, 1.807) is 19.2 Å². The third-order valence-electron chi connectivity index (χ3n) is 3.03. The number of hydrogen-bond donors (Lipinski definition) is 2. The highest BCUT2D eigenvalue weighted by Crippen LogP contribution is 2.28. The van der Waals surface area contributed by atoms with Crippen molar-refractivity contribution in [3.05, 3.63) is 35.6 Å². The molecule has 1 aromatic rings. The Kier molecular flexibility index (Phi) is 3.61. The van der Waals surface area contributed by atoms with Crippen molar-refractivity contribution in [2.24, 2.45) is 10.9 Å². The minimum absolute atomic E-state index is 0.205. The number of guanidine groups is 1. The van der Waals surface area contributed by atoms with Crippen LogP contribution >= 0.6 is 0 Å². The number of aliphatic imine (C=N–C) groups is 1. The molecule has 0 aliphatic heterocycles. The van der Waals surface area contributed by atoms with Gasteiger partial charge in [-0.15, -0.1) is 0 Å². The highest BCUT2D eigenvalue weighted by atomic mass is 19.1. The summed E-state index contributed by atoms with van der Waals surface area (Å²) in [5.74, 6) is 1.34. The zero-order valence-corrected chi connectivity index (χ0v) is 10.2. The van der Waals surface area contributed by atoms with E-state index in [-0.39, 0.29) is 5.82 Å². The molecule has 1 saturated carbocycles. The first kappa shape index (κ1) is 11.9. The summed E-state index contributed by atoms with van der Waals surface area (Å²) < 4.78 is 12.7. The van der Waals surface area contributed by atoms with Crippen LogP contribution in [0, 0.1) is 11.7 Å². The lowest BCUT2D eigenvalue weighted by molar-refractivity contribution is 0.626. The van der Waals surface area contributed by atoms with Gasteiger partial charge in [-0.3, -0.25) is 4.99 Å². The van der Waals surface area contributed by atoms with Crippen LogP contribution in [0.4, 0.5) is 4.39 Å². The summed E-state index contributed by atoms with van der Waals surface area (Å²) in [4.78, 5) is 4.16. The van der Waals surface area contributed by atoms with Gasteiger partial charge in [0, 0.05) is 19.6 Å². The standard InChI is InChI=1S/C13H18FN3/c1-9-7-12(9)17-13(15-2)16-8-10-3-5-11(14)6-4-10/h3-6,9,12H,7-8H2,1-2H3,(H2,15,16,17). The summed E-state index contributed by atoms with van der Waals surface area (Å²) in [6.45, 7) is 2.87. The fourth-order valence-corrected chi connectivity index (χ4v) is 1.68. The van der Waals surface area contributed by atoms with Crippen LogP contribution in [0.25, 0.3) is 0 Å². The zero-order chi connectivity index (χ0) is 12.3. The molecule has 3 nitrogen and oxygen atoms in total. The molecule has 0 bridgehead atoms. The minimum Gasteiger partial charge on any atom is -0.353 e.